The molecule has 5 rings (SSSR count). The Morgan fingerprint density at radius 3 is 2.44 bits per heavy atom. The lowest BCUT2D eigenvalue weighted by molar-refractivity contribution is -0.124. The lowest BCUT2D eigenvalue weighted by Gasteiger charge is -2.39. The minimum Gasteiger partial charge on any atom is -0.366 e. The zero-order valence-corrected chi connectivity index (χ0v) is 25.3. The summed E-state index contributed by atoms with van der Waals surface area (Å²) in [6.45, 7) is 6.60. The molecule has 0 atom stereocenters. The molecule has 10 heteroatoms. The summed E-state index contributed by atoms with van der Waals surface area (Å²) in [5.41, 5.74) is 1.64. The highest BCUT2D eigenvalue weighted by Gasteiger charge is 2.38. The number of nitriles is 1. The van der Waals surface area contributed by atoms with Crippen molar-refractivity contribution in [3.05, 3.63) is 62.0 Å². The van der Waals surface area contributed by atoms with Gasteiger partial charge in [0.15, 0.2) is 0 Å². The maximum absolute atomic E-state index is 14.5. The second-order valence-electron chi connectivity index (χ2n) is 10.9. The van der Waals surface area contributed by atoms with Crippen LogP contribution < -0.4 is 15.4 Å². The van der Waals surface area contributed by atoms with E-state index in [2.05, 4.69) is 17.9 Å². The van der Waals surface area contributed by atoms with Crippen molar-refractivity contribution in [1.29, 1.82) is 5.26 Å². The molecule has 0 spiro atoms. The Labute approximate surface area is 250 Å². The number of piperazine rings is 1. The molecule has 7 nitrogen and oxygen atoms in total. The van der Waals surface area contributed by atoms with Crippen LogP contribution in [0.2, 0.25) is 0 Å². The number of carbonyl (C=O) groups is 1. The molecule has 41 heavy (non-hydrogen) atoms. The first kappa shape index (κ1) is 29.3. The maximum Gasteiger partial charge on any atom is 0.270 e. The van der Waals surface area contributed by atoms with Gasteiger partial charge in [0.2, 0.25) is 0 Å². The number of carbonyl (C=O) groups excluding carboxylic acids is 1. The number of rotatable bonds is 7. The number of pyridine rings is 1. The number of para-hydroxylation sites is 1. The molecule has 2 aromatic rings. The molecule has 3 heterocycles. The normalized spacial score (nSPS) is 19.4. The van der Waals surface area contributed by atoms with Crippen LogP contribution in [0.15, 0.2) is 34.0 Å². The maximum atomic E-state index is 14.5. The van der Waals surface area contributed by atoms with Gasteiger partial charge in [0, 0.05) is 44.3 Å². The topological polar surface area (TPSA) is 72.6 Å². The molecule has 3 aliphatic rings. The highest BCUT2D eigenvalue weighted by atomic mass is 32.2. The summed E-state index contributed by atoms with van der Waals surface area (Å²) in [6.07, 6.45) is 8.79. The fourth-order valence-electron chi connectivity index (χ4n) is 6.14. The van der Waals surface area contributed by atoms with E-state index in [9.17, 15) is 19.2 Å². The molecular formula is C31H36FN5O2S2. The van der Waals surface area contributed by atoms with E-state index in [1.807, 2.05) is 17.0 Å². The average molecular weight is 594 g/mol. The van der Waals surface area contributed by atoms with Gasteiger partial charge < -0.3 is 9.80 Å². The molecule has 2 aliphatic heterocycles. The summed E-state index contributed by atoms with van der Waals surface area (Å²) in [6, 6.07) is 9.03. The molecule has 1 saturated carbocycles. The van der Waals surface area contributed by atoms with Gasteiger partial charge in [0.25, 0.3) is 11.5 Å². The van der Waals surface area contributed by atoms with E-state index in [0.29, 0.717) is 58.8 Å². The Bertz CT molecular complexity index is 1470. The first-order valence-corrected chi connectivity index (χ1v) is 15.8. The zero-order valence-electron chi connectivity index (χ0n) is 23.7. The second-order valence-corrected chi connectivity index (χ2v) is 12.6. The predicted octanol–water partition coefficient (Wildman–Crippen LogP) is 5.83. The fourth-order valence-corrected chi connectivity index (χ4v) is 7.52. The third kappa shape index (κ3) is 5.80. The van der Waals surface area contributed by atoms with E-state index in [1.165, 1.54) is 24.2 Å². The smallest absolute Gasteiger partial charge is 0.270 e. The van der Waals surface area contributed by atoms with Crippen LogP contribution in [0.3, 0.4) is 0 Å². The molecule has 1 aliphatic carbocycles. The molecule has 0 bridgehead atoms. The number of nitrogens with zero attached hydrogens (tertiary/aromatic N) is 5. The number of halogens is 1. The molecule has 2 saturated heterocycles. The molecule has 0 unspecified atom stereocenters. The number of hydrogen-bond donors (Lipinski definition) is 0. The predicted molar refractivity (Wildman–Crippen MR) is 168 cm³/mol. The molecule has 1 aromatic carbocycles. The molecular weight excluding hydrogens is 558 g/mol. The van der Waals surface area contributed by atoms with Crippen LogP contribution in [-0.2, 0) is 11.3 Å². The zero-order chi connectivity index (χ0) is 29.1. The number of unbranched alkanes of at least 4 members (excludes halogenated alkanes) is 1. The summed E-state index contributed by atoms with van der Waals surface area (Å²) in [7, 11) is 0. The second kappa shape index (κ2) is 12.8. The number of thiocarbonyl (C=S) groups is 1. The largest absolute Gasteiger partial charge is 0.366 e. The minimum atomic E-state index is -0.308. The molecule has 1 aromatic heterocycles. The van der Waals surface area contributed by atoms with E-state index in [4.69, 9.17) is 12.2 Å². The van der Waals surface area contributed by atoms with E-state index < -0.39 is 0 Å². The van der Waals surface area contributed by atoms with Crippen LogP contribution in [0.1, 0.15) is 68.6 Å². The van der Waals surface area contributed by atoms with Crippen LogP contribution in [-0.4, -0.2) is 51.9 Å². The summed E-state index contributed by atoms with van der Waals surface area (Å²) < 4.78 is 16.8. The van der Waals surface area contributed by atoms with Gasteiger partial charge in [-0.05, 0) is 50.0 Å². The number of hydrogen-bond acceptors (Lipinski definition) is 7. The number of anilines is 2. The van der Waals surface area contributed by atoms with Crippen molar-refractivity contribution in [2.75, 3.05) is 36.0 Å². The lowest BCUT2D eigenvalue weighted by atomic mass is 9.94. The molecule has 0 N–H and O–H groups in total. The van der Waals surface area contributed by atoms with Gasteiger partial charge in [-0.15, -0.1) is 0 Å². The minimum absolute atomic E-state index is 0.0913. The summed E-state index contributed by atoms with van der Waals surface area (Å²) in [5, 5.41) is 9.99. The van der Waals surface area contributed by atoms with Crippen LogP contribution >= 0.6 is 24.0 Å². The van der Waals surface area contributed by atoms with Crippen LogP contribution in [0.25, 0.3) is 6.08 Å². The first-order chi connectivity index (χ1) is 19.8. The third-order valence-corrected chi connectivity index (χ3v) is 9.72. The third-order valence-electron chi connectivity index (χ3n) is 8.39. The van der Waals surface area contributed by atoms with Gasteiger partial charge in [0.05, 0.1) is 10.6 Å². The van der Waals surface area contributed by atoms with Crippen molar-refractivity contribution in [2.24, 2.45) is 0 Å². The quantitative estimate of drug-likeness (QED) is 0.296. The van der Waals surface area contributed by atoms with Gasteiger partial charge in [-0.3, -0.25) is 19.1 Å². The van der Waals surface area contributed by atoms with Crippen molar-refractivity contribution in [1.82, 2.24) is 9.47 Å². The van der Waals surface area contributed by atoms with E-state index in [-0.39, 0.29) is 28.9 Å². The lowest BCUT2D eigenvalue weighted by Crippen LogP contribution is -2.49. The van der Waals surface area contributed by atoms with Crippen LogP contribution in [0, 0.1) is 24.1 Å². The Balaban J connectivity index is 1.56. The highest BCUT2D eigenvalue weighted by Crippen LogP contribution is 2.39. The van der Waals surface area contributed by atoms with Crippen molar-refractivity contribution in [2.45, 2.75) is 71.4 Å². The number of aromatic nitrogens is 1. The van der Waals surface area contributed by atoms with Gasteiger partial charge in [0.1, 0.15) is 27.6 Å². The summed E-state index contributed by atoms with van der Waals surface area (Å²) >= 11 is 6.98. The van der Waals surface area contributed by atoms with Crippen molar-refractivity contribution in [3.8, 4) is 6.07 Å². The van der Waals surface area contributed by atoms with Crippen molar-refractivity contribution < 1.29 is 9.18 Å². The Hall–Kier alpha value is -3.16. The van der Waals surface area contributed by atoms with Crippen molar-refractivity contribution in [3.63, 3.8) is 0 Å². The van der Waals surface area contributed by atoms with Gasteiger partial charge in [-0.25, -0.2) is 4.39 Å². The Kier molecular flexibility index (Phi) is 9.15. The monoisotopic (exact) mass is 593 g/mol. The fraction of sp³-hybridized carbons (Fsp3) is 0.484. The van der Waals surface area contributed by atoms with E-state index >= 15 is 0 Å². The molecule has 216 valence electrons. The molecule has 0 radical (unpaired) electrons. The molecule has 3 fully saturated rings. The number of thioether (sulfide) groups is 1. The van der Waals surface area contributed by atoms with E-state index in [1.54, 1.807) is 28.5 Å². The Morgan fingerprint density at radius 2 is 1.78 bits per heavy atom. The van der Waals surface area contributed by atoms with Crippen LogP contribution in [0.5, 0.6) is 0 Å². The molecule has 1 amide bonds. The highest BCUT2D eigenvalue weighted by molar-refractivity contribution is 8.26. The average Bonchev–Trinajstić information content (AvgIpc) is 3.27. The van der Waals surface area contributed by atoms with Gasteiger partial charge >= 0.3 is 0 Å². The first-order valence-electron chi connectivity index (χ1n) is 14.5. The standard InChI is InChI=1S/C31H36FN5O2S2/c1-3-4-14-36-28(35-17-15-34(16-18-35)26-13-9-8-12-25(26)32)23(21(2)24(20-33)29(36)38)19-27-30(39)37(31(40)41-27)22-10-6-5-7-11-22/h8-9,12-13,19,22H,3-7,10-11,14-18H2,1-2H3/b27-19+. The van der Waals surface area contributed by atoms with E-state index in [0.717, 1.165) is 44.3 Å². The number of amides is 1. The van der Waals surface area contributed by atoms with Crippen LogP contribution in [0.4, 0.5) is 15.9 Å². The van der Waals surface area contributed by atoms with Gasteiger partial charge in [-0.2, -0.15) is 5.26 Å². The number of benzene rings is 1. The SMILES string of the molecule is CCCCn1c(N2CCN(c3ccccc3F)CC2)c(/C=C2/SC(=S)N(C3CCCCC3)C2=O)c(C)c(C#N)c1=O. The van der Waals surface area contributed by atoms with Gasteiger partial charge in [-0.1, -0.05) is 68.7 Å². The van der Waals surface area contributed by atoms with Crippen molar-refractivity contribution >= 4 is 51.8 Å². The summed E-state index contributed by atoms with van der Waals surface area (Å²) in [4.78, 5) is 33.8. The summed E-state index contributed by atoms with van der Waals surface area (Å²) in [5.74, 6) is 0.373. The Morgan fingerprint density at radius 1 is 1.10 bits per heavy atom.